The molecule has 0 bridgehead atoms. The molecule has 0 aliphatic rings. The van der Waals surface area contributed by atoms with Crippen LogP contribution in [0.3, 0.4) is 0 Å². The third-order valence-electron chi connectivity index (χ3n) is 5.48. The van der Waals surface area contributed by atoms with E-state index in [1.54, 1.807) is 24.3 Å². The van der Waals surface area contributed by atoms with Crippen LogP contribution >= 0.6 is 22.9 Å². The summed E-state index contributed by atoms with van der Waals surface area (Å²) in [5.74, 6) is 7.07. The van der Waals surface area contributed by atoms with E-state index in [1.165, 1.54) is 40.9 Å². The second kappa shape index (κ2) is 18.7. The van der Waals surface area contributed by atoms with Gasteiger partial charge in [0.05, 0.1) is 26.7 Å². The number of hydrogen-bond donors (Lipinski definition) is 2. The second-order valence-corrected chi connectivity index (χ2v) is 10.2. The van der Waals surface area contributed by atoms with Gasteiger partial charge in [0.1, 0.15) is 38.1 Å². The number of carbonyl (C=O) groups excluding carboxylic acids is 2. The van der Waals surface area contributed by atoms with Crippen molar-refractivity contribution >= 4 is 58.2 Å². The van der Waals surface area contributed by atoms with Crippen LogP contribution in [-0.2, 0) is 16.2 Å². The highest BCUT2D eigenvalue weighted by atomic mass is 35.5. The van der Waals surface area contributed by atoms with Gasteiger partial charge in [0, 0.05) is 5.69 Å². The highest BCUT2D eigenvalue weighted by Crippen LogP contribution is 2.33. The Morgan fingerprint density at radius 1 is 0.953 bits per heavy atom. The Morgan fingerprint density at radius 3 is 2.28 bits per heavy atom. The van der Waals surface area contributed by atoms with Crippen molar-refractivity contribution in [1.29, 1.82) is 0 Å². The number of thiophene rings is 1. The van der Waals surface area contributed by atoms with Crippen LogP contribution in [-0.4, -0.2) is 37.1 Å². The van der Waals surface area contributed by atoms with Crippen LogP contribution < -0.4 is 15.4 Å². The molecule has 3 aromatic carbocycles. The number of hydrogen-bond acceptors (Lipinski definition) is 8. The highest BCUT2D eigenvalue weighted by molar-refractivity contribution is 7.20. The molecule has 5 aromatic rings. The number of anilines is 2. The molecule has 0 aliphatic carbocycles. The summed E-state index contributed by atoms with van der Waals surface area (Å²) in [7, 11) is 1.86. The Morgan fingerprint density at radius 2 is 1.65 bits per heavy atom. The van der Waals surface area contributed by atoms with E-state index >= 15 is 0 Å². The summed E-state index contributed by atoms with van der Waals surface area (Å²) in [6, 6.07) is 22.1. The number of ether oxygens (including phenoxy) is 1. The van der Waals surface area contributed by atoms with E-state index in [2.05, 4.69) is 70.6 Å². The zero-order chi connectivity index (χ0) is 31.6. The van der Waals surface area contributed by atoms with Crippen molar-refractivity contribution in [2.75, 3.05) is 18.9 Å². The molecule has 0 fully saturated rings. The summed E-state index contributed by atoms with van der Waals surface area (Å²) in [5, 5.41) is 6.72. The van der Waals surface area contributed by atoms with Gasteiger partial charge in [-0.1, -0.05) is 71.0 Å². The first-order chi connectivity index (χ1) is 20.9. The van der Waals surface area contributed by atoms with Gasteiger partial charge in [-0.05, 0) is 62.9 Å². The van der Waals surface area contributed by atoms with Crippen LogP contribution in [0.2, 0.25) is 5.02 Å². The maximum Gasteiger partial charge on any atom is 0.151 e. The molecule has 0 atom stereocenters. The molecule has 0 saturated carbocycles. The number of aryl methyl sites for hydroxylation is 2. The maximum atomic E-state index is 13.3. The van der Waals surface area contributed by atoms with Crippen molar-refractivity contribution in [3.05, 3.63) is 112 Å². The normalized spacial score (nSPS) is 9.51. The number of nitrogens with one attached hydrogen (secondary N) is 2. The van der Waals surface area contributed by atoms with Crippen molar-refractivity contribution in [2.45, 2.75) is 20.5 Å². The van der Waals surface area contributed by atoms with E-state index in [0.29, 0.717) is 23.1 Å². The smallest absolute Gasteiger partial charge is 0.151 e. The van der Waals surface area contributed by atoms with Gasteiger partial charge in [-0.15, -0.1) is 11.3 Å². The van der Waals surface area contributed by atoms with E-state index in [-0.39, 0.29) is 12.4 Å². The largest absolute Gasteiger partial charge is 0.487 e. The van der Waals surface area contributed by atoms with Gasteiger partial charge >= 0.3 is 0 Å². The van der Waals surface area contributed by atoms with Crippen LogP contribution in [0.4, 0.5) is 15.9 Å². The molecule has 222 valence electrons. The van der Waals surface area contributed by atoms with Gasteiger partial charge in [-0.3, -0.25) is 0 Å². The Bertz CT molecular complexity index is 1630. The first-order valence-corrected chi connectivity index (χ1v) is 14.0. The molecule has 10 heteroatoms. The van der Waals surface area contributed by atoms with E-state index in [1.807, 2.05) is 32.8 Å². The van der Waals surface area contributed by atoms with Gasteiger partial charge in [0.2, 0.25) is 0 Å². The van der Waals surface area contributed by atoms with Crippen LogP contribution in [0.1, 0.15) is 21.6 Å². The molecule has 0 radical (unpaired) electrons. The minimum atomic E-state index is -0.298. The third kappa shape index (κ3) is 11.3. The fraction of sp³-hybridized carbons (Fsp3) is 0.152. The lowest BCUT2D eigenvalue weighted by Gasteiger charge is -2.11. The predicted molar refractivity (Wildman–Crippen MR) is 174 cm³/mol. The monoisotopic (exact) mass is 618 g/mol. The molecular weight excluding hydrogens is 587 g/mol. The zero-order valence-electron chi connectivity index (χ0n) is 24.1. The number of halogens is 2. The van der Waals surface area contributed by atoms with Gasteiger partial charge in [-0.2, -0.15) is 0 Å². The van der Waals surface area contributed by atoms with Crippen molar-refractivity contribution in [3.63, 3.8) is 0 Å². The quantitative estimate of drug-likeness (QED) is 0.193. The molecule has 0 saturated heterocycles. The van der Waals surface area contributed by atoms with Gasteiger partial charge < -0.3 is 25.0 Å². The summed E-state index contributed by atoms with van der Waals surface area (Å²) in [6.45, 7) is 9.04. The molecule has 0 spiro atoms. The lowest BCUT2D eigenvalue weighted by molar-refractivity contribution is -0.0987. The minimum Gasteiger partial charge on any atom is -0.487 e. The first-order valence-electron chi connectivity index (χ1n) is 12.8. The first kappa shape index (κ1) is 34.6. The second-order valence-electron chi connectivity index (χ2n) is 8.72. The SMILES string of the molecule is C=O.C=O.CNCC#Cc1cc2ncnc(Nc3ccc(OCc4cccc(F)c4)c(Cl)c3)c2s1.Cc1ccc(C)cc1. The molecule has 2 heterocycles. The summed E-state index contributed by atoms with van der Waals surface area (Å²) in [6.07, 6.45) is 1.51. The van der Waals surface area contributed by atoms with Crippen molar-refractivity contribution in [3.8, 4) is 17.6 Å². The Labute approximate surface area is 260 Å². The third-order valence-corrected chi connectivity index (χ3v) is 6.83. The van der Waals surface area contributed by atoms with Gasteiger partial charge in [-0.25, -0.2) is 14.4 Å². The Kier molecular flexibility index (Phi) is 15.1. The zero-order valence-corrected chi connectivity index (χ0v) is 25.7. The number of benzene rings is 3. The van der Waals surface area contributed by atoms with Gasteiger partial charge in [0.25, 0.3) is 0 Å². The number of nitrogens with zero attached hydrogens (tertiary/aromatic N) is 2. The average Bonchev–Trinajstić information content (AvgIpc) is 3.45. The summed E-state index contributed by atoms with van der Waals surface area (Å²) in [5.41, 5.74) is 4.98. The lowest BCUT2D eigenvalue weighted by atomic mass is 10.2. The highest BCUT2D eigenvalue weighted by Gasteiger charge is 2.10. The van der Waals surface area contributed by atoms with Crippen LogP contribution in [0, 0.1) is 31.5 Å². The van der Waals surface area contributed by atoms with Crippen LogP contribution in [0.5, 0.6) is 5.75 Å². The fourth-order valence-electron chi connectivity index (χ4n) is 3.48. The van der Waals surface area contributed by atoms with Crippen LogP contribution in [0.25, 0.3) is 10.2 Å². The van der Waals surface area contributed by atoms with Crippen molar-refractivity contribution < 1.29 is 18.7 Å². The van der Waals surface area contributed by atoms with Crippen LogP contribution in [0.15, 0.2) is 79.1 Å². The Balaban J connectivity index is 0.000000456. The molecule has 7 nitrogen and oxygen atoms in total. The molecule has 5 rings (SSSR count). The van der Waals surface area contributed by atoms with Gasteiger partial charge in [0.15, 0.2) is 5.82 Å². The topological polar surface area (TPSA) is 93.2 Å². The summed E-state index contributed by atoms with van der Waals surface area (Å²) >= 11 is 7.92. The van der Waals surface area contributed by atoms with E-state index in [4.69, 9.17) is 25.9 Å². The fourth-order valence-corrected chi connectivity index (χ4v) is 4.65. The Hall–Kier alpha value is -4.62. The number of fused-ring (bicyclic) bond motifs is 1. The summed E-state index contributed by atoms with van der Waals surface area (Å²) in [4.78, 5) is 25.6. The lowest BCUT2D eigenvalue weighted by Crippen LogP contribution is -2.04. The molecule has 43 heavy (non-hydrogen) atoms. The predicted octanol–water partition coefficient (Wildman–Crippen LogP) is 7.31. The number of aromatic nitrogens is 2. The minimum absolute atomic E-state index is 0.226. The standard InChI is InChI=1S/C23H18ClFN4OS.C8H10.2CH2O/c1-26-9-3-6-18-12-20-22(31-18)23(28-14-27-20)29-17-7-8-21(19(24)11-17)30-13-15-4-2-5-16(25)10-15;1-7-3-5-8(2)6-4-7;2*1-2/h2,4-5,7-8,10-12,14,26H,9,13H2,1H3,(H,27,28,29);3-6H,1-2H3;2*1H2. The van der Waals surface area contributed by atoms with E-state index in [9.17, 15) is 4.39 Å². The summed E-state index contributed by atoms with van der Waals surface area (Å²) < 4.78 is 20.0. The molecule has 2 N–H and O–H groups in total. The molecular formula is C33H32ClFN4O3S. The molecule has 0 unspecified atom stereocenters. The van der Waals surface area contributed by atoms with E-state index < -0.39 is 0 Å². The van der Waals surface area contributed by atoms with E-state index in [0.717, 1.165) is 26.3 Å². The van der Waals surface area contributed by atoms with Crippen molar-refractivity contribution in [1.82, 2.24) is 15.3 Å². The molecule has 2 aromatic heterocycles. The average molecular weight is 619 g/mol. The number of carbonyl (C=O) groups is 2. The maximum absolute atomic E-state index is 13.3. The molecule has 0 amide bonds. The van der Waals surface area contributed by atoms with Crippen molar-refractivity contribution in [2.24, 2.45) is 0 Å². The number of rotatable bonds is 6. The molecule has 0 aliphatic heterocycles.